The molecule has 2 aliphatic rings. The Bertz CT molecular complexity index is 1150. The second-order valence-corrected chi connectivity index (χ2v) is 13.5. The topological polar surface area (TPSA) is 0 Å². The smallest absolute Gasteiger partial charge is 0.0772 e. The van der Waals surface area contributed by atoms with Crippen molar-refractivity contribution < 1.29 is 0 Å². The van der Waals surface area contributed by atoms with Gasteiger partial charge in [0.15, 0.2) is 0 Å². The van der Waals surface area contributed by atoms with E-state index in [4.69, 9.17) is 0 Å². The van der Waals surface area contributed by atoms with Crippen LogP contribution >= 0.6 is 0 Å². The van der Waals surface area contributed by atoms with E-state index in [2.05, 4.69) is 88.1 Å². The molecule has 126 valence electrons. The average Bonchev–Trinajstić information content (AvgIpc) is 3.18. The molecule has 0 nitrogen and oxygen atoms in total. The molecule has 2 aliphatic carbocycles. The zero-order valence-electron chi connectivity index (χ0n) is 15.9. The molecule has 0 heterocycles. The Kier molecular flexibility index (Phi) is 3.73. The van der Waals surface area contributed by atoms with Gasteiger partial charge in [0.2, 0.25) is 0 Å². The Morgan fingerprint density at radius 1 is 0.880 bits per heavy atom. The molecule has 0 aromatic heterocycles. The minimum atomic E-state index is -1.26. The van der Waals surface area contributed by atoms with Gasteiger partial charge in [-0.15, -0.1) is 0 Å². The highest BCUT2D eigenvalue weighted by molar-refractivity contribution is 6.84. The fourth-order valence-corrected chi connectivity index (χ4v) is 5.33. The summed E-state index contributed by atoms with van der Waals surface area (Å²) in [4.78, 5) is 0. The lowest BCUT2D eigenvalue weighted by atomic mass is 9.94. The Morgan fingerprint density at radius 2 is 1.64 bits per heavy atom. The summed E-state index contributed by atoms with van der Waals surface area (Å²) in [7, 11) is -1.26. The minimum absolute atomic E-state index is 1.07. The van der Waals surface area contributed by atoms with Crippen LogP contribution in [-0.2, 0) is 0 Å². The van der Waals surface area contributed by atoms with Gasteiger partial charge in [-0.3, -0.25) is 0 Å². The van der Waals surface area contributed by atoms with Crippen LogP contribution in [0.15, 0.2) is 53.7 Å². The summed E-state index contributed by atoms with van der Waals surface area (Å²) in [5, 5.41) is 7.10. The van der Waals surface area contributed by atoms with Crippen molar-refractivity contribution in [1.82, 2.24) is 0 Å². The van der Waals surface area contributed by atoms with Gasteiger partial charge in [0.05, 0.1) is 8.07 Å². The SMILES string of the molecule is CC(C)=c1ccc2c(c1C1=CC([Si](C)(C)C)=CC1)C=c1ccccc1=2. The molecule has 0 spiro atoms. The minimum Gasteiger partial charge on any atom is -0.0808 e. The quantitative estimate of drug-likeness (QED) is 0.581. The summed E-state index contributed by atoms with van der Waals surface area (Å²) in [6.07, 6.45) is 8.42. The average molecular weight is 343 g/mol. The molecule has 0 fully saturated rings. The Labute approximate surface area is 151 Å². The third-order valence-corrected chi connectivity index (χ3v) is 7.47. The van der Waals surface area contributed by atoms with Gasteiger partial charge in [0.1, 0.15) is 0 Å². The zero-order chi connectivity index (χ0) is 17.8. The Morgan fingerprint density at radius 3 is 2.32 bits per heavy atom. The molecule has 1 heteroatoms. The van der Waals surface area contributed by atoms with Crippen molar-refractivity contribution in [3.63, 3.8) is 0 Å². The predicted octanol–water partition coefficient (Wildman–Crippen LogP) is 4.90. The van der Waals surface area contributed by atoms with Crippen LogP contribution in [0.1, 0.15) is 31.4 Å². The normalized spacial score (nSPS) is 15.2. The zero-order valence-corrected chi connectivity index (χ0v) is 16.9. The maximum atomic E-state index is 2.49. The molecule has 0 aliphatic heterocycles. The van der Waals surface area contributed by atoms with Crippen LogP contribution in [0.5, 0.6) is 0 Å². The molecule has 2 aromatic rings. The van der Waals surface area contributed by atoms with Crippen LogP contribution in [0, 0.1) is 10.4 Å². The highest BCUT2D eigenvalue weighted by Crippen LogP contribution is 2.33. The molecular weight excluding hydrogens is 316 g/mol. The monoisotopic (exact) mass is 342 g/mol. The lowest BCUT2D eigenvalue weighted by molar-refractivity contribution is 1.35. The Hall–Kier alpha value is -2.12. The van der Waals surface area contributed by atoms with Crippen molar-refractivity contribution >= 4 is 25.3 Å². The number of hydrogen-bond donors (Lipinski definition) is 0. The van der Waals surface area contributed by atoms with Crippen molar-refractivity contribution in [2.75, 3.05) is 0 Å². The third kappa shape index (κ3) is 2.67. The first-order chi connectivity index (χ1) is 11.9. The predicted molar refractivity (Wildman–Crippen MR) is 112 cm³/mol. The van der Waals surface area contributed by atoms with Gasteiger partial charge in [-0.2, -0.15) is 0 Å². The van der Waals surface area contributed by atoms with Crippen LogP contribution < -0.4 is 10.4 Å². The van der Waals surface area contributed by atoms with E-state index in [1.165, 1.54) is 43.1 Å². The standard InChI is InChI=1S/C24H26Si/c1-16(2)20-12-13-22-21-9-7-6-8-17(21)15-23(22)24(20)18-10-11-19(14-18)25(3,4)5/h6-9,11-15H,10H2,1-5H3. The van der Waals surface area contributed by atoms with E-state index in [0.29, 0.717) is 0 Å². The highest BCUT2D eigenvalue weighted by atomic mass is 28.3. The summed E-state index contributed by atoms with van der Waals surface area (Å²) in [6.45, 7) is 11.8. The van der Waals surface area contributed by atoms with E-state index >= 15 is 0 Å². The molecule has 2 aromatic carbocycles. The Balaban J connectivity index is 2.05. The lowest BCUT2D eigenvalue weighted by Gasteiger charge is -2.16. The van der Waals surface area contributed by atoms with E-state index in [-0.39, 0.29) is 0 Å². The summed E-state index contributed by atoms with van der Waals surface area (Å²) in [5.41, 5.74) is 5.76. The first-order valence-corrected chi connectivity index (χ1v) is 12.7. The third-order valence-electron chi connectivity index (χ3n) is 5.39. The number of benzene rings is 2. The van der Waals surface area contributed by atoms with E-state index < -0.39 is 8.07 Å². The molecule has 0 N–H and O–H groups in total. The van der Waals surface area contributed by atoms with Crippen LogP contribution in [0.4, 0.5) is 0 Å². The van der Waals surface area contributed by atoms with E-state index in [1.807, 2.05) is 0 Å². The molecule has 0 atom stereocenters. The first-order valence-electron chi connectivity index (χ1n) is 9.19. The summed E-state index contributed by atoms with van der Waals surface area (Å²) in [6, 6.07) is 13.4. The number of rotatable bonds is 2. The largest absolute Gasteiger partial charge is 0.0808 e. The molecule has 0 saturated carbocycles. The van der Waals surface area contributed by atoms with Gasteiger partial charge in [-0.05, 0) is 63.9 Å². The molecular formula is C24H26Si. The van der Waals surface area contributed by atoms with Gasteiger partial charge >= 0.3 is 0 Å². The van der Waals surface area contributed by atoms with Crippen molar-refractivity contribution in [2.24, 2.45) is 0 Å². The van der Waals surface area contributed by atoms with Gasteiger partial charge < -0.3 is 0 Å². The lowest BCUT2D eigenvalue weighted by Crippen LogP contribution is -2.21. The van der Waals surface area contributed by atoms with Crippen LogP contribution in [0.25, 0.3) is 17.2 Å². The number of hydrogen-bond acceptors (Lipinski definition) is 0. The van der Waals surface area contributed by atoms with Crippen LogP contribution in [-0.4, -0.2) is 8.07 Å². The fraction of sp³-hybridized carbons (Fsp3) is 0.250. The van der Waals surface area contributed by atoms with Crippen LogP contribution in [0.3, 0.4) is 0 Å². The molecule has 0 bridgehead atoms. The maximum absolute atomic E-state index is 2.49. The number of allylic oxidation sites excluding steroid dienone is 4. The molecule has 0 amide bonds. The van der Waals surface area contributed by atoms with Gasteiger partial charge in [-0.1, -0.05) is 79.0 Å². The molecule has 4 rings (SSSR count). The van der Waals surface area contributed by atoms with Crippen molar-refractivity contribution in [1.29, 1.82) is 0 Å². The van der Waals surface area contributed by atoms with E-state index in [0.717, 1.165) is 6.42 Å². The van der Waals surface area contributed by atoms with E-state index in [9.17, 15) is 0 Å². The van der Waals surface area contributed by atoms with Gasteiger partial charge in [0.25, 0.3) is 0 Å². The first kappa shape index (κ1) is 16.4. The summed E-state index contributed by atoms with van der Waals surface area (Å²) in [5.74, 6) is 0. The number of fused-ring (bicyclic) bond motifs is 2. The molecule has 25 heavy (non-hydrogen) atoms. The van der Waals surface area contributed by atoms with Crippen molar-refractivity contribution in [3.05, 3.63) is 85.7 Å². The second kappa shape index (κ2) is 5.71. The second-order valence-electron chi connectivity index (χ2n) is 8.46. The molecule has 0 radical (unpaired) electrons. The molecule has 0 saturated heterocycles. The van der Waals surface area contributed by atoms with Gasteiger partial charge in [0, 0.05) is 0 Å². The van der Waals surface area contributed by atoms with Gasteiger partial charge in [-0.25, -0.2) is 0 Å². The fourth-order valence-electron chi connectivity index (χ4n) is 4.01. The summed E-state index contributed by atoms with van der Waals surface area (Å²) < 4.78 is 0. The summed E-state index contributed by atoms with van der Waals surface area (Å²) >= 11 is 0. The van der Waals surface area contributed by atoms with Crippen molar-refractivity contribution in [2.45, 2.75) is 39.9 Å². The van der Waals surface area contributed by atoms with E-state index in [1.54, 1.807) is 5.20 Å². The highest BCUT2D eigenvalue weighted by Gasteiger charge is 2.23. The molecule has 0 unspecified atom stereocenters. The van der Waals surface area contributed by atoms with Crippen molar-refractivity contribution in [3.8, 4) is 0 Å². The van der Waals surface area contributed by atoms with Crippen LogP contribution in [0.2, 0.25) is 19.6 Å². The maximum Gasteiger partial charge on any atom is 0.0772 e.